The molecule has 8 heteroatoms. The molecule has 3 aromatic carbocycles. The van der Waals surface area contributed by atoms with Crippen LogP contribution in [0.15, 0.2) is 59.5 Å². The maximum Gasteiger partial charge on any atom is 0.417 e. The molecule has 160 valence electrons. The minimum absolute atomic E-state index is 0.00388. The fourth-order valence-corrected chi connectivity index (χ4v) is 4.24. The van der Waals surface area contributed by atoms with E-state index in [0.717, 1.165) is 27.3 Å². The van der Waals surface area contributed by atoms with E-state index in [1.807, 2.05) is 43.3 Å². The molecule has 0 aromatic heterocycles. The largest absolute Gasteiger partial charge is 0.417 e. The topological polar surface area (TPSA) is 73.1 Å². The Hall–Kier alpha value is -3.02. The van der Waals surface area contributed by atoms with Gasteiger partial charge >= 0.3 is 6.18 Å². The Morgan fingerprint density at radius 3 is 2.55 bits per heavy atom. The molecule has 3 aromatic rings. The first-order valence-corrected chi connectivity index (χ1v) is 10.3. The van der Waals surface area contributed by atoms with E-state index >= 15 is 0 Å². The summed E-state index contributed by atoms with van der Waals surface area (Å²) in [6.45, 7) is 3.24. The number of nitrogens with one attached hydrogen (secondary N) is 1. The van der Waals surface area contributed by atoms with Crippen molar-refractivity contribution < 1.29 is 23.1 Å². The highest BCUT2D eigenvalue weighted by molar-refractivity contribution is 7.99. The SMILES string of the molecule is Cc1ccc2ccccc2c1SCC(C)(O)C(=O)Nc1ccc(C#N)c(C(F)(F)F)c1. The van der Waals surface area contributed by atoms with Gasteiger partial charge in [0.2, 0.25) is 0 Å². The van der Waals surface area contributed by atoms with E-state index in [4.69, 9.17) is 5.26 Å². The second kappa shape index (κ2) is 8.61. The van der Waals surface area contributed by atoms with E-state index in [-0.39, 0.29) is 11.4 Å². The molecule has 1 unspecified atom stereocenters. The van der Waals surface area contributed by atoms with Crippen LogP contribution in [0.4, 0.5) is 18.9 Å². The average Bonchev–Trinajstić information content (AvgIpc) is 2.72. The molecule has 0 aliphatic heterocycles. The number of carbonyl (C=O) groups excluding carboxylic acids is 1. The van der Waals surface area contributed by atoms with Crippen LogP contribution >= 0.6 is 11.8 Å². The maximum absolute atomic E-state index is 13.1. The molecule has 0 aliphatic carbocycles. The van der Waals surface area contributed by atoms with Crippen molar-refractivity contribution in [3.63, 3.8) is 0 Å². The number of rotatable bonds is 5. The van der Waals surface area contributed by atoms with Crippen molar-refractivity contribution in [1.29, 1.82) is 5.26 Å². The highest BCUT2D eigenvalue weighted by Gasteiger charge is 2.35. The Balaban J connectivity index is 1.79. The van der Waals surface area contributed by atoms with Gasteiger partial charge in [0.25, 0.3) is 5.91 Å². The van der Waals surface area contributed by atoms with Crippen molar-refractivity contribution in [2.45, 2.75) is 30.5 Å². The summed E-state index contributed by atoms with van der Waals surface area (Å²) in [5, 5.41) is 23.9. The summed E-state index contributed by atoms with van der Waals surface area (Å²) in [4.78, 5) is 13.5. The quantitative estimate of drug-likeness (QED) is 0.508. The van der Waals surface area contributed by atoms with Gasteiger partial charge in [0, 0.05) is 16.3 Å². The molecule has 0 aliphatic rings. The summed E-state index contributed by atoms with van der Waals surface area (Å²) in [5.41, 5.74) is -2.70. The molecule has 4 nitrogen and oxygen atoms in total. The number of carbonyl (C=O) groups is 1. The van der Waals surface area contributed by atoms with Crippen LogP contribution in [0.1, 0.15) is 23.6 Å². The molecule has 31 heavy (non-hydrogen) atoms. The van der Waals surface area contributed by atoms with Gasteiger partial charge in [0.15, 0.2) is 0 Å². The smallest absolute Gasteiger partial charge is 0.379 e. The summed E-state index contributed by atoms with van der Waals surface area (Å²) in [6, 6.07) is 16.0. The molecular weight excluding hydrogens is 425 g/mol. The van der Waals surface area contributed by atoms with Crippen LogP contribution in [0, 0.1) is 18.3 Å². The molecule has 1 atom stereocenters. The summed E-state index contributed by atoms with van der Waals surface area (Å²) in [6.07, 6.45) is -4.74. The van der Waals surface area contributed by atoms with Gasteiger partial charge in [-0.1, -0.05) is 36.4 Å². The van der Waals surface area contributed by atoms with Crippen molar-refractivity contribution in [2.75, 3.05) is 11.1 Å². The molecule has 0 fully saturated rings. The fourth-order valence-electron chi connectivity index (χ4n) is 3.04. The summed E-state index contributed by atoms with van der Waals surface area (Å²) in [5.74, 6) is -0.841. The number of aryl methyl sites for hydroxylation is 1. The number of fused-ring (bicyclic) bond motifs is 1. The molecule has 3 rings (SSSR count). The molecule has 0 heterocycles. The molecule has 0 saturated carbocycles. The third kappa shape index (κ3) is 5.01. The van der Waals surface area contributed by atoms with Crippen LogP contribution in [0.25, 0.3) is 10.8 Å². The molecule has 0 radical (unpaired) electrons. The molecule has 0 bridgehead atoms. The zero-order valence-electron chi connectivity index (χ0n) is 16.7. The Kier molecular flexibility index (Phi) is 6.30. The van der Waals surface area contributed by atoms with Crippen molar-refractivity contribution in [2.24, 2.45) is 0 Å². The monoisotopic (exact) mass is 444 g/mol. The van der Waals surface area contributed by atoms with Gasteiger partial charge in [-0.25, -0.2) is 0 Å². The van der Waals surface area contributed by atoms with Crippen molar-refractivity contribution in [1.82, 2.24) is 0 Å². The average molecular weight is 444 g/mol. The van der Waals surface area contributed by atoms with Gasteiger partial charge in [-0.05, 0) is 48.4 Å². The summed E-state index contributed by atoms with van der Waals surface area (Å²) < 4.78 is 39.4. The zero-order chi connectivity index (χ0) is 22.8. The first-order chi connectivity index (χ1) is 14.5. The molecule has 0 saturated heterocycles. The van der Waals surface area contributed by atoms with Gasteiger partial charge in [-0.3, -0.25) is 4.79 Å². The van der Waals surface area contributed by atoms with Crippen molar-refractivity contribution >= 4 is 34.1 Å². The standard InChI is InChI=1S/C23H19F3N2O2S/c1-14-7-8-15-5-3-4-6-18(15)20(14)31-13-22(2,30)21(29)28-17-10-9-16(12-27)19(11-17)23(24,25)26/h3-11,30H,13H2,1-2H3,(H,28,29). The molecular formula is C23H19F3N2O2S. The lowest BCUT2D eigenvalue weighted by atomic mass is 10.1. The van der Waals surface area contributed by atoms with Crippen LogP contribution in [0.3, 0.4) is 0 Å². The Labute approximate surface area is 181 Å². The minimum Gasteiger partial charge on any atom is -0.379 e. The highest BCUT2D eigenvalue weighted by Crippen LogP contribution is 2.35. The Morgan fingerprint density at radius 2 is 1.87 bits per heavy atom. The number of anilines is 1. The van der Waals surface area contributed by atoms with E-state index in [0.29, 0.717) is 6.07 Å². The lowest BCUT2D eigenvalue weighted by molar-refractivity contribution is -0.137. The number of nitriles is 1. The van der Waals surface area contributed by atoms with Crippen LogP contribution < -0.4 is 5.32 Å². The fraction of sp³-hybridized carbons (Fsp3) is 0.217. The van der Waals surface area contributed by atoms with Gasteiger partial charge in [-0.2, -0.15) is 18.4 Å². The predicted octanol–water partition coefficient (Wildman–Crippen LogP) is 5.52. The normalized spacial score (nSPS) is 13.5. The summed E-state index contributed by atoms with van der Waals surface area (Å²) in [7, 11) is 0. The van der Waals surface area contributed by atoms with Crippen molar-refractivity contribution in [3.05, 3.63) is 71.3 Å². The first kappa shape index (κ1) is 22.7. The van der Waals surface area contributed by atoms with Gasteiger partial charge in [-0.15, -0.1) is 11.8 Å². The van der Waals surface area contributed by atoms with Gasteiger partial charge in [0.05, 0.1) is 17.2 Å². The van der Waals surface area contributed by atoms with E-state index < -0.39 is 28.8 Å². The minimum atomic E-state index is -4.74. The summed E-state index contributed by atoms with van der Waals surface area (Å²) >= 11 is 1.30. The highest BCUT2D eigenvalue weighted by atomic mass is 32.2. The number of aliphatic hydroxyl groups is 1. The second-order valence-electron chi connectivity index (χ2n) is 7.32. The van der Waals surface area contributed by atoms with E-state index in [1.54, 1.807) is 0 Å². The lowest BCUT2D eigenvalue weighted by Crippen LogP contribution is -2.42. The first-order valence-electron chi connectivity index (χ1n) is 9.29. The Morgan fingerprint density at radius 1 is 1.16 bits per heavy atom. The van der Waals surface area contributed by atoms with E-state index in [1.165, 1.54) is 30.8 Å². The molecule has 2 N–H and O–H groups in total. The Bertz CT molecular complexity index is 1180. The third-order valence-electron chi connectivity index (χ3n) is 4.77. The van der Waals surface area contributed by atoms with Crippen molar-refractivity contribution in [3.8, 4) is 6.07 Å². The number of hydrogen-bond acceptors (Lipinski definition) is 4. The maximum atomic E-state index is 13.1. The molecule has 0 spiro atoms. The van der Waals surface area contributed by atoms with Crippen LogP contribution in [-0.2, 0) is 11.0 Å². The van der Waals surface area contributed by atoms with E-state index in [9.17, 15) is 23.1 Å². The van der Waals surface area contributed by atoms with Crippen LogP contribution in [0.5, 0.6) is 0 Å². The number of hydrogen-bond donors (Lipinski definition) is 2. The van der Waals surface area contributed by atoms with Gasteiger partial charge in [0.1, 0.15) is 5.60 Å². The number of halogens is 3. The van der Waals surface area contributed by atoms with Gasteiger partial charge < -0.3 is 10.4 Å². The lowest BCUT2D eigenvalue weighted by Gasteiger charge is -2.23. The van der Waals surface area contributed by atoms with E-state index in [2.05, 4.69) is 5.32 Å². The molecule has 1 amide bonds. The zero-order valence-corrected chi connectivity index (χ0v) is 17.6. The number of amides is 1. The number of nitrogens with zero attached hydrogens (tertiary/aromatic N) is 1. The van der Waals surface area contributed by atoms with Crippen LogP contribution in [-0.4, -0.2) is 22.4 Å². The third-order valence-corrected chi connectivity index (χ3v) is 6.30. The second-order valence-corrected chi connectivity index (χ2v) is 8.30. The number of thioether (sulfide) groups is 1. The van der Waals surface area contributed by atoms with Crippen LogP contribution in [0.2, 0.25) is 0 Å². The number of benzene rings is 3. The number of alkyl halides is 3. The predicted molar refractivity (Wildman–Crippen MR) is 115 cm³/mol.